The molecule has 2 atom stereocenters. The fourth-order valence-corrected chi connectivity index (χ4v) is 3.07. The molecule has 6 heteroatoms. The summed E-state index contributed by atoms with van der Waals surface area (Å²) < 4.78 is 2.05. The molecular weight excluding hydrogens is 318 g/mol. The highest BCUT2D eigenvalue weighted by Gasteiger charge is 2.48. The normalized spacial score (nSPS) is 18.9. The number of carboxylic acids is 1. The van der Waals surface area contributed by atoms with Crippen molar-refractivity contribution in [1.29, 1.82) is 0 Å². The minimum absolute atomic E-state index is 0.224. The van der Waals surface area contributed by atoms with E-state index in [-0.39, 0.29) is 5.91 Å². The average molecular weight is 335 g/mol. The fraction of sp³-hybridized carbons (Fsp3) is 0.211. The summed E-state index contributed by atoms with van der Waals surface area (Å²) in [6, 6.07) is 15.5. The van der Waals surface area contributed by atoms with Crippen molar-refractivity contribution in [3.8, 4) is 0 Å². The van der Waals surface area contributed by atoms with Crippen molar-refractivity contribution >= 4 is 28.6 Å². The number of carbonyl (C=O) groups excluding carboxylic acids is 1. The number of imidazole rings is 1. The lowest BCUT2D eigenvalue weighted by molar-refractivity contribution is -0.139. The van der Waals surface area contributed by atoms with Gasteiger partial charge in [0.2, 0.25) is 5.91 Å². The van der Waals surface area contributed by atoms with Gasteiger partial charge >= 0.3 is 5.97 Å². The number of aromatic nitrogens is 2. The van der Waals surface area contributed by atoms with Crippen molar-refractivity contribution in [1.82, 2.24) is 9.55 Å². The largest absolute Gasteiger partial charge is 0.481 e. The molecule has 6 nitrogen and oxygen atoms in total. The molecule has 126 valence electrons. The van der Waals surface area contributed by atoms with Crippen LogP contribution in [0, 0.1) is 11.8 Å². The number of rotatable bonds is 5. The standard InChI is InChI=1S/C19H17N3O3/c23-18(14-9-15(14)19(24)25)21-13-5-3-4-12(8-13)10-22-11-20-16-6-1-2-7-17(16)22/h1-8,11,14-15H,9-10H2,(H,21,23)(H,24,25)/t14-,15+/m1/s1. The fourth-order valence-electron chi connectivity index (χ4n) is 3.07. The predicted octanol–water partition coefficient (Wildman–Crippen LogP) is 2.74. The number of aliphatic carboxylic acids is 1. The monoisotopic (exact) mass is 335 g/mol. The van der Waals surface area contributed by atoms with E-state index in [0.29, 0.717) is 18.7 Å². The first kappa shape index (κ1) is 15.4. The summed E-state index contributed by atoms with van der Waals surface area (Å²) in [7, 11) is 0. The Morgan fingerprint density at radius 3 is 2.80 bits per heavy atom. The van der Waals surface area contributed by atoms with Gasteiger partial charge in [0.25, 0.3) is 0 Å². The number of para-hydroxylation sites is 2. The number of amides is 1. The number of hydrogen-bond donors (Lipinski definition) is 2. The molecule has 1 saturated carbocycles. The molecule has 1 fully saturated rings. The molecule has 0 spiro atoms. The maximum Gasteiger partial charge on any atom is 0.307 e. The highest BCUT2D eigenvalue weighted by atomic mass is 16.4. The van der Waals surface area contributed by atoms with Crippen LogP contribution in [0.15, 0.2) is 54.9 Å². The van der Waals surface area contributed by atoms with Crippen molar-refractivity contribution in [2.24, 2.45) is 11.8 Å². The molecule has 1 aliphatic rings. The predicted molar refractivity (Wildman–Crippen MR) is 93.1 cm³/mol. The van der Waals surface area contributed by atoms with Crippen molar-refractivity contribution < 1.29 is 14.7 Å². The summed E-state index contributed by atoms with van der Waals surface area (Å²) in [5.41, 5.74) is 3.72. The molecule has 1 aromatic heterocycles. The lowest BCUT2D eigenvalue weighted by Crippen LogP contribution is -2.16. The molecule has 0 saturated heterocycles. The molecule has 3 aromatic rings. The average Bonchev–Trinajstić information content (AvgIpc) is 3.32. The van der Waals surface area contributed by atoms with E-state index in [1.165, 1.54) is 0 Å². The van der Waals surface area contributed by atoms with Crippen LogP contribution in [-0.4, -0.2) is 26.5 Å². The van der Waals surface area contributed by atoms with E-state index in [4.69, 9.17) is 5.11 Å². The first-order valence-electron chi connectivity index (χ1n) is 8.14. The maximum absolute atomic E-state index is 12.1. The van der Waals surface area contributed by atoms with Gasteiger partial charge < -0.3 is 15.0 Å². The number of anilines is 1. The van der Waals surface area contributed by atoms with Gasteiger partial charge in [-0.25, -0.2) is 4.98 Å². The Hall–Kier alpha value is -3.15. The van der Waals surface area contributed by atoms with E-state index in [2.05, 4.69) is 14.9 Å². The zero-order valence-corrected chi connectivity index (χ0v) is 13.4. The van der Waals surface area contributed by atoms with E-state index in [0.717, 1.165) is 16.6 Å². The number of hydrogen-bond acceptors (Lipinski definition) is 3. The third-order valence-electron chi connectivity index (χ3n) is 4.52. The van der Waals surface area contributed by atoms with Crippen LogP contribution < -0.4 is 5.32 Å². The number of carbonyl (C=O) groups is 2. The van der Waals surface area contributed by atoms with Gasteiger partial charge in [-0.1, -0.05) is 24.3 Å². The molecule has 1 aliphatic carbocycles. The summed E-state index contributed by atoms with van der Waals surface area (Å²) >= 11 is 0. The Bertz CT molecular complexity index is 963. The third kappa shape index (κ3) is 3.10. The summed E-state index contributed by atoms with van der Waals surface area (Å²) in [5, 5.41) is 11.7. The molecular formula is C19H17N3O3. The van der Waals surface area contributed by atoms with Gasteiger partial charge in [0.1, 0.15) is 0 Å². The van der Waals surface area contributed by atoms with Crippen molar-refractivity contribution in [3.05, 3.63) is 60.4 Å². The van der Waals surface area contributed by atoms with Crippen molar-refractivity contribution in [3.63, 3.8) is 0 Å². The highest BCUT2D eigenvalue weighted by Crippen LogP contribution is 2.39. The Morgan fingerprint density at radius 2 is 2.00 bits per heavy atom. The molecule has 0 bridgehead atoms. The minimum atomic E-state index is -0.902. The van der Waals surface area contributed by atoms with Gasteiger partial charge in [0.15, 0.2) is 0 Å². The number of carboxylic acid groups (broad SMARTS) is 1. The molecule has 0 radical (unpaired) electrons. The highest BCUT2D eigenvalue weighted by molar-refractivity contribution is 5.98. The lowest BCUT2D eigenvalue weighted by atomic mass is 10.2. The second-order valence-corrected chi connectivity index (χ2v) is 6.34. The Morgan fingerprint density at radius 1 is 1.16 bits per heavy atom. The first-order chi connectivity index (χ1) is 12.1. The second kappa shape index (κ2) is 6.05. The van der Waals surface area contributed by atoms with Gasteiger partial charge in [0.05, 0.1) is 29.2 Å². The van der Waals surface area contributed by atoms with Crippen LogP contribution in [0.2, 0.25) is 0 Å². The van der Waals surface area contributed by atoms with Crippen LogP contribution >= 0.6 is 0 Å². The van der Waals surface area contributed by atoms with E-state index in [1.54, 1.807) is 6.33 Å². The van der Waals surface area contributed by atoms with Gasteiger partial charge in [-0.05, 0) is 36.2 Å². The van der Waals surface area contributed by atoms with Crippen LogP contribution in [0.3, 0.4) is 0 Å². The number of nitrogens with one attached hydrogen (secondary N) is 1. The molecule has 1 amide bonds. The van der Waals surface area contributed by atoms with Gasteiger partial charge in [-0.15, -0.1) is 0 Å². The van der Waals surface area contributed by atoms with Crippen LogP contribution in [0.1, 0.15) is 12.0 Å². The van der Waals surface area contributed by atoms with Crippen LogP contribution in [-0.2, 0) is 16.1 Å². The topological polar surface area (TPSA) is 84.2 Å². The number of fused-ring (bicyclic) bond motifs is 1. The van der Waals surface area contributed by atoms with E-state index < -0.39 is 17.8 Å². The summed E-state index contributed by atoms with van der Waals surface area (Å²) in [6.45, 7) is 0.644. The molecule has 2 aromatic carbocycles. The third-order valence-corrected chi connectivity index (χ3v) is 4.52. The van der Waals surface area contributed by atoms with Crippen LogP contribution in [0.5, 0.6) is 0 Å². The summed E-state index contributed by atoms with van der Waals surface area (Å²) in [6.07, 6.45) is 2.22. The Kier molecular flexibility index (Phi) is 3.72. The zero-order chi connectivity index (χ0) is 17.4. The quantitative estimate of drug-likeness (QED) is 0.751. The van der Waals surface area contributed by atoms with Crippen LogP contribution in [0.4, 0.5) is 5.69 Å². The summed E-state index contributed by atoms with van der Waals surface area (Å²) in [5.74, 6) is -2.09. The Labute approximate surface area is 144 Å². The van der Waals surface area contributed by atoms with E-state index in [9.17, 15) is 9.59 Å². The van der Waals surface area contributed by atoms with Gasteiger partial charge in [-0.2, -0.15) is 0 Å². The lowest BCUT2D eigenvalue weighted by Gasteiger charge is -2.08. The SMILES string of the molecule is O=C(O)[C@H]1C[C@H]1C(=O)Nc1cccc(Cn2cnc3ccccc32)c1. The molecule has 4 rings (SSSR count). The number of nitrogens with zero attached hydrogens (tertiary/aromatic N) is 2. The molecule has 25 heavy (non-hydrogen) atoms. The smallest absolute Gasteiger partial charge is 0.307 e. The van der Waals surface area contributed by atoms with E-state index in [1.807, 2.05) is 48.5 Å². The number of benzene rings is 2. The second-order valence-electron chi connectivity index (χ2n) is 6.34. The Balaban J connectivity index is 1.48. The molecule has 0 aliphatic heterocycles. The van der Waals surface area contributed by atoms with Crippen molar-refractivity contribution in [2.75, 3.05) is 5.32 Å². The first-order valence-corrected chi connectivity index (χ1v) is 8.14. The van der Waals surface area contributed by atoms with Crippen LogP contribution in [0.25, 0.3) is 11.0 Å². The summed E-state index contributed by atoms with van der Waals surface area (Å²) in [4.78, 5) is 27.4. The zero-order valence-electron chi connectivity index (χ0n) is 13.4. The van der Waals surface area contributed by atoms with Gasteiger partial charge in [0, 0.05) is 12.2 Å². The maximum atomic E-state index is 12.1. The van der Waals surface area contributed by atoms with Gasteiger partial charge in [-0.3, -0.25) is 9.59 Å². The molecule has 0 unspecified atom stereocenters. The van der Waals surface area contributed by atoms with E-state index >= 15 is 0 Å². The molecule has 1 heterocycles. The van der Waals surface area contributed by atoms with Crippen molar-refractivity contribution in [2.45, 2.75) is 13.0 Å². The minimum Gasteiger partial charge on any atom is -0.481 e. The molecule has 2 N–H and O–H groups in total.